The highest BCUT2D eigenvalue weighted by molar-refractivity contribution is 9.10. The molecule has 0 radical (unpaired) electrons. The van der Waals surface area contributed by atoms with E-state index >= 15 is 0 Å². The maximum atomic E-state index is 12.6. The fourth-order valence-corrected chi connectivity index (χ4v) is 3.35. The minimum absolute atomic E-state index is 0.239. The standard InChI is InChI=1S/C19H19BrN2O4/c1-25-15-5-6-17(20)16(10-15)18(23)21-14-4-3-12-7-8-22(19(24)26-2)11-13(12)9-14/h3-6,9-10H,7-8,11H2,1-2H3,(H,21,23). The van der Waals surface area contributed by atoms with Gasteiger partial charge in [-0.15, -0.1) is 0 Å². The molecule has 1 heterocycles. The molecule has 2 amide bonds. The summed E-state index contributed by atoms with van der Waals surface area (Å²) in [7, 11) is 2.93. The lowest BCUT2D eigenvalue weighted by Gasteiger charge is -2.28. The number of nitrogens with one attached hydrogen (secondary N) is 1. The van der Waals surface area contributed by atoms with E-state index in [9.17, 15) is 9.59 Å². The van der Waals surface area contributed by atoms with Gasteiger partial charge in [-0.2, -0.15) is 0 Å². The third kappa shape index (κ3) is 3.83. The molecule has 0 spiro atoms. The number of benzene rings is 2. The summed E-state index contributed by atoms with van der Waals surface area (Å²) in [5.74, 6) is 0.369. The third-order valence-electron chi connectivity index (χ3n) is 4.33. The first-order valence-corrected chi connectivity index (χ1v) is 8.90. The number of hydrogen-bond acceptors (Lipinski definition) is 4. The number of carbonyl (C=O) groups is 2. The molecule has 2 aromatic rings. The summed E-state index contributed by atoms with van der Waals surface area (Å²) >= 11 is 3.39. The van der Waals surface area contributed by atoms with Gasteiger partial charge in [-0.3, -0.25) is 4.79 Å². The zero-order valence-electron chi connectivity index (χ0n) is 14.5. The lowest BCUT2D eigenvalue weighted by atomic mass is 9.99. The van der Waals surface area contributed by atoms with Gasteiger partial charge in [0.2, 0.25) is 0 Å². The summed E-state index contributed by atoms with van der Waals surface area (Å²) in [5.41, 5.74) is 3.34. The summed E-state index contributed by atoms with van der Waals surface area (Å²) in [6.45, 7) is 1.09. The van der Waals surface area contributed by atoms with Gasteiger partial charge in [0.1, 0.15) is 5.75 Å². The van der Waals surface area contributed by atoms with E-state index in [1.807, 2.05) is 18.2 Å². The quantitative estimate of drug-likeness (QED) is 0.821. The SMILES string of the molecule is COC(=O)N1CCc2ccc(NC(=O)c3cc(OC)ccc3Br)cc2C1. The van der Waals surface area contributed by atoms with Gasteiger partial charge in [0.15, 0.2) is 0 Å². The second kappa shape index (κ2) is 7.78. The largest absolute Gasteiger partial charge is 0.497 e. The lowest BCUT2D eigenvalue weighted by Crippen LogP contribution is -2.35. The second-order valence-electron chi connectivity index (χ2n) is 5.92. The van der Waals surface area contributed by atoms with Crippen LogP contribution in [0.5, 0.6) is 5.75 Å². The molecule has 0 bridgehead atoms. The molecule has 1 N–H and O–H groups in total. The molecule has 0 saturated carbocycles. The normalized spacial score (nSPS) is 13.0. The molecular formula is C19H19BrN2O4. The minimum Gasteiger partial charge on any atom is -0.497 e. The number of ether oxygens (including phenoxy) is 2. The Kier molecular flexibility index (Phi) is 5.46. The summed E-state index contributed by atoms with van der Waals surface area (Å²) < 4.78 is 10.7. The van der Waals surface area contributed by atoms with Crippen LogP contribution >= 0.6 is 15.9 Å². The molecule has 6 nitrogen and oxygen atoms in total. The maximum Gasteiger partial charge on any atom is 0.409 e. The van der Waals surface area contributed by atoms with E-state index in [-0.39, 0.29) is 12.0 Å². The Morgan fingerprint density at radius 2 is 1.92 bits per heavy atom. The van der Waals surface area contributed by atoms with Crippen LogP contribution in [0.15, 0.2) is 40.9 Å². The number of anilines is 1. The zero-order chi connectivity index (χ0) is 18.7. The van der Waals surface area contributed by atoms with Crippen LogP contribution in [-0.4, -0.2) is 37.7 Å². The van der Waals surface area contributed by atoms with Crippen molar-refractivity contribution in [3.63, 3.8) is 0 Å². The number of nitrogens with zero attached hydrogens (tertiary/aromatic N) is 1. The van der Waals surface area contributed by atoms with E-state index in [0.717, 1.165) is 12.0 Å². The van der Waals surface area contributed by atoms with Crippen molar-refractivity contribution in [1.82, 2.24) is 4.90 Å². The monoisotopic (exact) mass is 418 g/mol. The van der Waals surface area contributed by atoms with Crippen LogP contribution in [0.3, 0.4) is 0 Å². The van der Waals surface area contributed by atoms with Gasteiger partial charge in [-0.25, -0.2) is 4.79 Å². The summed E-state index contributed by atoms with van der Waals surface area (Å²) in [6, 6.07) is 11.0. The Morgan fingerprint density at radius 1 is 1.12 bits per heavy atom. The molecule has 7 heteroatoms. The van der Waals surface area contributed by atoms with Gasteiger partial charge < -0.3 is 19.7 Å². The molecule has 0 aromatic heterocycles. The Morgan fingerprint density at radius 3 is 2.65 bits per heavy atom. The Labute approximate surface area is 160 Å². The van der Waals surface area contributed by atoms with Gasteiger partial charge in [0.05, 0.1) is 19.8 Å². The van der Waals surface area contributed by atoms with E-state index in [4.69, 9.17) is 9.47 Å². The van der Waals surface area contributed by atoms with Crippen molar-refractivity contribution in [2.45, 2.75) is 13.0 Å². The van der Waals surface area contributed by atoms with Crippen molar-refractivity contribution >= 4 is 33.6 Å². The van der Waals surface area contributed by atoms with Crippen molar-refractivity contribution in [3.05, 3.63) is 57.6 Å². The van der Waals surface area contributed by atoms with Crippen molar-refractivity contribution in [2.24, 2.45) is 0 Å². The number of halogens is 1. The van der Waals surface area contributed by atoms with E-state index < -0.39 is 0 Å². The average molecular weight is 419 g/mol. The highest BCUT2D eigenvalue weighted by Gasteiger charge is 2.21. The second-order valence-corrected chi connectivity index (χ2v) is 6.78. The molecule has 1 aliphatic rings. The van der Waals surface area contributed by atoms with E-state index in [2.05, 4.69) is 21.2 Å². The maximum absolute atomic E-state index is 12.6. The van der Waals surface area contributed by atoms with Gasteiger partial charge in [0, 0.05) is 23.2 Å². The van der Waals surface area contributed by atoms with Crippen LogP contribution < -0.4 is 10.1 Å². The predicted molar refractivity (Wildman–Crippen MR) is 102 cm³/mol. The van der Waals surface area contributed by atoms with Crippen molar-refractivity contribution < 1.29 is 19.1 Å². The van der Waals surface area contributed by atoms with Crippen LogP contribution in [0.2, 0.25) is 0 Å². The Bertz CT molecular complexity index is 853. The van der Waals surface area contributed by atoms with Gasteiger partial charge in [-0.05, 0) is 63.8 Å². The molecular weight excluding hydrogens is 400 g/mol. The first-order valence-electron chi connectivity index (χ1n) is 8.11. The molecule has 1 aliphatic heterocycles. The molecule has 0 atom stereocenters. The summed E-state index contributed by atoms with van der Waals surface area (Å²) in [4.78, 5) is 26.0. The van der Waals surface area contributed by atoms with Crippen LogP contribution in [0.4, 0.5) is 10.5 Å². The van der Waals surface area contributed by atoms with Gasteiger partial charge >= 0.3 is 6.09 Å². The molecule has 0 saturated heterocycles. The van der Waals surface area contributed by atoms with E-state index in [0.29, 0.717) is 34.6 Å². The number of amides is 2. The molecule has 3 rings (SSSR count). The smallest absolute Gasteiger partial charge is 0.409 e. The number of carbonyl (C=O) groups excluding carboxylic acids is 2. The minimum atomic E-state index is -0.342. The van der Waals surface area contributed by atoms with Crippen molar-refractivity contribution in [3.8, 4) is 5.75 Å². The van der Waals surface area contributed by atoms with Crippen molar-refractivity contribution in [2.75, 3.05) is 26.1 Å². The van der Waals surface area contributed by atoms with Gasteiger partial charge in [-0.1, -0.05) is 6.07 Å². The van der Waals surface area contributed by atoms with Gasteiger partial charge in [0.25, 0.3) is 5.91 Å². The highest BCUT2D eigenvalue weighted by atomic mass is 79.9. The number of hydrogen-bond donors (Lipinski definition) is 1. The molecule has 136 valence electrons. The van der Waals surface area contributed by atoms with Crippen LogP contribution in [0.1, 0.15) is 21.5 Å². The first kappa shape index (κ1) is 18.3. The fourth-order valence-electron chi connectivity index (χ4n) is 2.92. The number of fused-ring (bicyclic) bond motifs is 1. The van der Waals surface area contributed by atoms with Crippen LogP contribution in [-0.2, 0) is 17.7 Å². The molecule has 0 aliphatic carbocycles. The molecule has 0 unspecified atom stereocenters. The van der Waals surface area contributed by atoms with Crippen LogP contribution in [0.25, 0.3) is 0 Å². The highest BCUT2D eigenvalue weighted by Crippen LogP contribution is 2.26. The molecule has 26 heavy (non-hydrogen) atoms. The molecule has 2 aromatic carbocycles. The fraction of sp³-hybridized carbons (Fsp3) is 0.263. The summed E-state index contributed by atoms with van der Waals surface area (Å²) in [6.07, 6.45) is 0.422. The van der Waals surface area contributed by atoms with E-state index in [1.54, 1.807) is 30.2 Å². The zero-order valence-corrected chi connectivity index (χ0v) is 16.1. The Hall–Kier alpha value is -2.54. The predicted octanol–water partition coefficient (Wildman–Crippen LogP) is 3.83. The average Bonchev–Trinajstić information content (AvgIpc) is 2.67. The third-order valence-corrected chi connectivity index (χ3v) is 5.02. The number of methoxy groups -OCH3 is 2. The lowest BCUT2D eigenvalue weighted by molar-refractivity contribution is 0.102. The van der Waals surface area contributed by atoms with E-state index in [1.165, 1.54) is 12.7 Å². The Balaban J connectivity index is 1.79. The van der Waals surface area contributed by atoms with Crippen LogP contribution in [0, 0.1) is 0 Å². The first-order chi connectivity index (χ1) is 12.5. The van der Waals surface area contributed by atoms with Crippen molar-refractivity contribution in [1.29, 1.82) is 0 Å². The number of rotatable bonds is 3. The molecule has 0 fully saturated rings. The topological polar surface area (TPSA) is 67.9 Å². The summed E-state index contributed by atoms with van der Waals surface area (Å²) in [5, 5.41) is 2.90.